The molecule has 0 aliphatic heterocycles. The van der Waals surface area contributed by atoms with Gasteiger partial charge in [0.25, 0.3) is 5.91 Å². The average Bonchev–Trinajstić information content (AvgIpc) is 3.51. The maximum absolute atomic E-state index is 12.3. The lowest BCUT2D eigenvalue weighted by atomic mass is 10.1. The first-order valence-corrected chi connectivity index (χ1v) is 8.43. The number of hydrogen-bond acceptors (Lipinski definition) is 4. The average molecular weight is 352 g/mol. The molecule has 1 saturated carbocycles. The number of nitrogens with one attached hydrogen (secondary N) is 2. The Bertz CT molecular complexity index is 826. The predicted molar refractivity (Wildman–Crippen MR) is 96.7 cm³/mol. The lowest BCUT2D eigenvalue weighted by Gasteiger charge is -2.08. The summed E-state index contributed by atoms with van der Waals surface area (Å²) in [5.74, 6) is -0.461. The monoisotopic (exact) mass is 352 g/mol. The summed E-state index contributed by atoms with van der Waals surface area (Å²) >= 11 is 0. The molecule has 0 heterocycles. The van der Waals surface area contributed by atoms with E-state index in [9.17, 15) is 14.4 Å². The summed E-state index contributed by atoms with van der Waals surface area (Å²) in [6, 6.07) is 13.6. The number of carbonyl (C=O) groups is 3. The van der Waals surface area contributed by atoms with Crippen molar-refractivity contribution in [2.45, 2.75) is 19.4 Å². The summed E-state index contributed by atoms with van der Waals surface area (Å²) < 4.78 is 4.67. The molecule has 1 aliphatic rings. The van der Waals surface area contributed by atoms with E-state index in [-0.39, 0.29) is 17.7 Å². The molecule has 6 nitrogen and oxygen atoms in total. The molecule has 0 radical (unpaired) electrons. The minimum absolute atomic E-state index is 0.0947. The third-order valence-corrected chi connectivity index (χ3v) is 4.17. The van der Waals surface area contributed by atoms with E-state index in [0.717, 1.165) is 18.4 Å². The van der Waals surface area contributed by atoms with Crippen LogP contribution in [0.15, 0.2) is 48.5 Å². The molecule has 0 atom stereocenters. The van der Waals surface area contributed by atoms with Crippen molar-refractivity contribution in [3.05, 3.63) is 65.2 Å². The molecule has 0 saturated heterocycles. The van der Waals surface area contributed by atoms with Gasteiger partial charge >= 0.3 is 5.97 Å². The first-order chi connectivity index (χ1) is 12.6. The van der Waals surface area contributed by atoms with E-state index in [4.69, 9.17) is 0 Å². The van der Waals surface area contributed by atoms with E-state index in [2.05, 4.69) is 15.4 Å². The van der Waals surface area contributed by atoms with Crippen molar-refractivity contribution < 1.29 is 19.1 Å². The molecule has 2 amide bonds. The van der Waals surface area contributed by atoms with Crippen LogP contribution in [0.2, 0.25) is 0 Å². The van der Waals surface area contributed by atoms with Crippen LogP contribution in [0.25, 0.3) is 0 Å². The zero-order valence-corrected chi connectivity index (χ0v) is 14.5. The van der Waals surface area contributed by atoms with Gasteiger partial charge in [0.2, 0.25) is 5.91 Å². The third kappa shape index (κ3) is 4.47. The molecule has 0 unspecified atom stereocenters. The highest BCUT2D eigenvalue weighted by Gasteiger charge is 2.29. The van der Waals surface area contributed by atoms with E-state index in [1.807, 2.05) is 12.1 Å². The van der Waals surface area contributed by atoms with Crippen LogP contribution in [0.4, 0.5) is 5.69 Å². The molecule has 2 aromatic rings. The van der Waals surface area contributed by atoms with Crippen LogP contribution in [0.1, 0.15) is 39.1 Å². The maximum Gasteiger partial charge on any atom is 0.337 e. The second-order valence-electron chi connectivity index (χ2n) is 6.22. The van der Waals surface area contributed by atoms with Crippen LogP contribution in [0, 0.1) is 5.92 Å². The number of carbonyl (C=O) groups excluding carboxylic acids is 3. The Hall–Kier alpha value is -3.15. The van der Waals surface area contributed by atoms with Crippen LogP contribution in [-0.4, -0.2) is 24.9 Å². The van der Waals surface area contributed by atoms with Gasteiger partial charge in [-0.1, -0.05) is 18.2 Å². The van der Waals surface area contributed by atoms with Crippen molar-refractivity contribution in [1.82, 2.24) is 5.32 Å². The summed E-state index contributed by atoms with van der Waals surface area (Å²) in [5, 5.41) is 5.64. The fourth-order valence-electron chi connectivity index (χ4n) is 2.50. The highest BCUT2D eigenvalue weighted by atomic mass is 16.5. The zero-order chi connectivity index (χ0) is 18.5. The molecule has 1 fully saturated rings. The van der Waals surface area contributed by atoms with Gasteiger partial charge in [0.05, 0.1) is 12.7 Å². The summed E-state index contributed by atoms with van der Waals surface area (Å²) in [6.45, 7) is 0.457. The molecule has 0 bridgehead atoms. The number of amides is 2. The summed E-state index contributed by atoms with van der Waals surface area (Å²) in [5.41, 5.74) is 2.31. The normalized spacial score (nSPS) is 13.0. The van der Waals surface area contributed by atoms with Crippen molar-refractivity contribution in [1.29, 1.82) is 0 Å². The SMILES string of the molecule is COC(=O)c1cccc(NC(=O)c2ccc(CNC(=O)C3CC3)cc2)c1. The maximum atomic E-state index is 12.3. The molecule has 0 aromatic heterocycles. The Balaban J connectivity index is 1.59. The standard InChI is InChI=1S/C20H20N2O4/c1-26-20(25)16-3-2-4-17(11-16)22-19(24)15-7-5-13(6-8-15)12-21-18(23)14-9-10-14/h2-8,11,14H,9-10,12H2,1H3,(H,21,23)(H,22,24). The zero-order valence-electron chi connectivity index (χ0n) is 14.5. The minimum atomic E-state index is -0.460. The minimum Gasteiger partial charge on any atom is -0.465 e. The van der Waals surface area contributed by atoms with Gasteiger partial charge in [-0.25, -0.2) is 4.79 Å². The largest absolute Gasteiger partial charge is 0.465 e. The third-order valence-electron chi connectivity index (χ3n) is 4.17. The Morgan fingerprint density at radius 2 is 1.77 bits per heavy atom. The summed E-state index contributed by atoms with van der Waals surface area (Å²) in [6.07, 6.45) is 1.95. The van der Waals surface area contributed by atoms with Crippen LogP contribution >= 0.6 is 0 Å². The Kier molecular flexibility index (Phi) is 5.31. The smallest absolute Gasteiger partial charge is 0.337 e. The number of anilines is 1. The van der Waals surface area contributed by atoms with Gasteiger partial charge in [-0.3, -0.25) is 9.59 Å². The van der Waals surface area contributed by atoms with Gasteiger partial charge in [-0.2, -0.15) is 0 Å². The summed E-state index contributed by atoms with van der Waals surface area (Å²) in [4.78, 5) is 35.5. The lowest BCUT2D eigenvalue weighted by Crippen LogP contribution is -2.24. The molecule has 26 heavy (non-hydrogen) atoms. The van der Waals surface area contributed by atoms with Gasteiger partial charge in [-0.05, 0) is 48.7 Å². The quantitative estimate of drug-likeness (QED) is 0.783. The number of benzene rings is 2. The van der Waals surface area contributed by atoms with Crippen LogP contribution in [-0.2, 0) is 16.1 Å². The van der Waals surface area contributed by atoms with E-state index >= 15 is 0 Å². The molecule has 6 heteroatoms. The molecular formula is C20H20N2O4. The Morgan fingerprint density at radius 1 is 1.04 bits per heavy atom. The number of esters is 1. The van der Waals surface area contributed by atoms with Crippen molar-refractivity contribution in [3.63, 3.8) is 0 Å². The molecular weight excluding hydrogens is 332 g/mol. The van der Waals surface area contributed by atoms with Crippen molar-refractivity contribution in [2.24, 2.45) is 5.92 Å². The fraction of sp³-hybridized carbons (Fsp3) is 0.250. The predicted octanol–water partition coefficient (Wildman–Crippen LogP) is 2.75. The molecule has 2 N–H and O–H groups in total. The van der Waals surface area contributed by atoms with Crippen LogP contribution in [0.5, 0.6) is 0 Å². The molecule has 1 aliphatic carbocycles. The summed E-state index contributed by atoms with van der Waals surface area (Å²) in [7, 11) is 1.31. The topological polar surface area (TPSA) is 84.5 Å². The van der Waals surface area contributed by atoms with Crippen molar-refractivity contribution in [2.75, 3.05) is 12.4 Å². The molecule has 2 aromatic carbocycles. The lowest BCUT2D eigenvalue weighted by molar-refractivity contribution is -0.122. The molecule has 0 spiro atoms. The number of rotatable bonds is 6. The van der Waals surface area contributed by atoms with Gasteiger partial charge in [0.15, 0.2) is 0 Å². The van der Waals surface area contributed by atoms with E-state index in [1.165, 1.54) is 7.11 Å². The molecule has 134 valence electrons. The van der Waals surface area contributed by atoms with Gasteiger partial charge < -0.3 is 15.4 Å². The molecule has 3 rings (SSSR count). The number of methoxy groups -OCH3 is 1. The first-order valence-electron chi connectivity index (χ1n) is 8.43. The second-order valence-corrected chi connectivity index (χ2v) is 6.22. The highest BCUT2D eigenvalue weighted by molar-refractivity contribution is 6.04. The number of ether oxygens (including phenoxy) is 1. The Labute approximate surface area is 151 Å². The van der Waals surface area contributed by atoms with Gasteiger partial charge in [0.1, 0.15) is 0 Å². The van der Waals surface area contributed by atoms with Crippen LogP contribution in [0.3, 0.4) is 0 Å². The van der Waals surface area contributed by atoms with E-state index in [1.54, 1.807) is 36.4 Å². The van der Waals surface area contributed by atoms with Crippen molar-refractivity contribution in [3.8, 4) is 0 Å². The van der Waals surface area contributed by atoms with E-state index in [0.29, 0.717) is 23.4 Å². The van der Waals surface area contributed by atoms with Crippen molar-refractivity contribution >= 4 is 23.5 Å². The first kappa shape index (κ1) is 17.7. The van der Waals surface area contributed by atoms with E-state index < -0.39 is 5.97 Å². The van der Waals surface area contributed by atoms with Gasteiger partial charge in [0, 0.05) is 23.7 Å². The van der Waals surface area contributed by atoms with Gasteiger partial charge in [-0.15, -0.1) is 0 Å². The fourth-order valence-corrected chi connectivity index (χ4v) is 2.50. The van der Waals surface area contributed by atoms with Crippen LogP contribution < -0.4 is 10.6 Å². The number of hydrogen-bond donors (Lipinski definition) is 2. The second kappa shape index (κ2) is 7.82. The Morgan fingerprint density at radius 3 is 2.42 bits per heavy atom. The highest BCUT2D eigenvalue weighted by Crippen LogP contribution is 2.28.